The Morgan fingerprint density at radius 3 is 2.57 bits per heavy atom. The predicted molar refractivity (Wildman–Crippen MR) is 87.2 cm³/mol. The fraction of sp³-hybridized carbons (Fsp3) is 0.611. The van der Waals surface area contributed by atoms with Gasteiger partial charge in [0, 0.05) is 25.6 Å². The number of piperidine rings is 1. The van der Waals surface area contributed by atoms with E-state index in [1.54, 1.807) is 12.1 Å². The molecule has 23 heavy (non-hydrogen) atoms. The summed E-state index contributed by atoms with van der Waals surface area (Å²) in [5.74, 6) is -0.613. The Kier molecular flexibility index (Phi) is 6.13. The summed E-state index contributed by atoms with van der Waals surface area (Å²) >= 11 is 0. The number of aliphatic hydroxyl groups is 1. The normalized spacial score (nSPS) is 18.2. The smallest absolute Gasteiger partial charge is 0.165 e. The lowest BCUT2D eigenvalue weighted by Gasteiger charge is -2.32. The standard InChI is InChI=1S/C18H26FNO3/c1-12(2)18(22)15(11-20-8-6-14(21)7-9-20)13-4-5-17(23-3)16(19)10-13/h4-5,10,12,14-15,21H,6-9,11H2,1-3H3/t15-/m0/s1. The van der Waals surface area contributed by atoms with E-state index in [0.717, 1.165) is 25.9 Å². The maximum Gasteiger partial charge on any atom is 0.165 e. The van der Waals surface area contributed by atoms with Crippen LogP contribution in [-0.2, 0) is 4.79 Å². The van der Waals surface area contributed by atoms with E-state index < -0.39 is 5.82 Å². The molecule has 0 saturated carbocycles. The molecule has 1 fully saturated rings. The Labute approximate surface area is 137 Å². The summed E-state index contributed by atoms with van der Waals surface area (Å²) in [4.78, 5) is 14.8. The number of likely N-dealkylation sites (tertiary alicyclic amines) is 1. The summed E-state index contributed by atoms with van der Waals surface area (Å²) in [5.41, 5.74) is 0.688. The lowest BCUT2D eigenvalue weighted by atomic mass is 9.87. The number of carbonyl (C=O) groups excluding carboxylic acids is 1. The maximum absolute atomic E-state index is 14.0. The van der Waals surface area contributed by atoms with E-state index >= 15 is 0 Å². The number of rotatable bonds is 6. The fourth-order valence-electron chi connectivity index (χ4n) is 3.02. The van der Waals surface area contributed by atoms with Gasteiger partial charge < -0.3 is 14.7 Å². The second kappa shape index (κ2) is 7.88. The zero-order valence-corrected chi connectivity index (χ0v) is 14.1. The van der Waals surface area contributed by atoms with Crippen molar-refractivity contribution in [3.05, 3.63) is 29.6 Å². The summed E-state index contributed by atoms with van der Waals surface area (Å²) in [7, 11) is 1.42. The van der Waals surface area contributed by atoms with Gasteiger partial charge in [-0.1, -0.05) is 19.9 Å². The highest BCUT2D eigenvalue weighted by atomic mass is 19.1. The minimum Gasteiger partial charge on any atom is -0.494 e. The molecule has 1 aliphatic heterocycles. The zero-order chi connectivity index (χ0) is 17.0. The van der Waals surface area contributed by atoms with Crippen molar-refractivity contribution >= 4 is 5.78 Å². The van der Waals surface area contributed by atoms with E-state index in [0.29, 0.717) is 12.1 Å². The molecule has 0 spiro atoms. The topological polar surface area (TPSA) is 49.8 Å². The molecule has 0 unspecified atom stereocenters. The van der Waals surface area contributed by atoms with Crippen molar-refractivity contribution in [1.82, 2.24) is 4.90 Å². The van der Waals surface area contributed by atoms with E-state index in [1.807, 2.05) is 13.8 Å². The van der Waals surface area contributed by atoms with E-state index in [1.165, 1.54) is 13.2 Å². The fourth-order valence-corrected chi connectivity index (χ4v) is 3.02. The molecule has 1 N–H and O–H groups in total. The van der Waals surface area contributed by atoms with Crippen LogP contribution in [0.15, 0.2) is 18.2 Å². The quantitative estimate of drug-likeness (QED) is 0.874. The van der Waals surface area contributed by atoms with Crippen molar-refractivity contribution in [3.63, 3.8) is 0 Å². The van der Waals surface area contributed by atoms with Crippen LogP contribution < -0.4 is 4.74 Å². The minimum absolute atomic E-state index is 0.111. The molecule has 1 saturated heterocycles. The average Bonchev–Trinajstić information content (AvgIpc) is 2.53. The minimum atomic E-state index is -0.444. The highest BCUT2D eigenvalue weighted by Gasteiger charge is 2.28. The van der Waals surface area contributed by atoms with Crippen LogP contribution in [0.25, 0.3) is 0 Å². The van der Waals surface area contributed by atoms with Gasteiger partial charge in [0.1, 0.15) is 5.78 Å². The Morgan fingerprint density at radius 1 is 1.39 bits per heavy atom. The van der Waals surface area contributed by atoms with Crippen molar-refractivity contribution in [1.29, 1.82) is 0 Å². The number of carbonyl (C=O) groups is 1. The van der Waals surface area contributed by atoms with Gasteiger partial charge in [-0.2, -0.15) is 0 Å². The molecular weight excluding hydrogens is 297 g/mol. The molecule has 2 rings (SSSR count). The van der Waals surface area contributed by atoms with Gasteiger partial charge in [0.25, 0.3) is 0 Å². The van der Waals surface area contributed by atoms with Crippen LogP contribution in [0, 0.1) is 11.7 Å². The Hall–Kier alpha value is -1.46. The first-order valence-corrected chi connectivity index (χ1v) is 8.20. The second-order valence-corrected chi connectivity index (χ2v) is 6.54. The molecule has 0 aromatic heterocycles. The van der Waals surface area contributed by atoms with Crippen LogP contribution in [0.2, 0.25) is 0 Å². The summed E-state index contributed by atoms with van der Waals surface area (Å²) in [5, 5.41) is 9.61. The van der Waals surface area contributed by atoms with Gasteiger partial charge in [0.05, 0.1) is 19.1 Å². The number of methoxy groups -OCH3 is 1. The average molecular weight is 323 g/mol. The van der Waals surface area contributed by atoms with Gasteiger partial charge in [0.2, 0.25) is 0 Å². The summed E-state index contributed by atoms with van der Waals surface area (Å²) in [6.07, 6.45) is 1.20. The van der Waals surface area contributed by atoms with Crippen LogP contribution in [0.5, 0.6) is 5.75 Å². The van der Waals surface area contributed by atoms with Gasteiger partial charge in [-0.15, -0.1) is 0 Å². The molecule has 0 bridgehead atoms. The third-order valence-electron chi connectivity index (χ3n) is 4.49. The number of nitrogens with zero attached hydrogens (tertiary/aromatic N) is 1. The molecule has 0 amide bonds. The van der Waals surface area contributed by atoms with Crippen molar-refractivity contribution in [3.8, 4) is 5.75 Å². The number of Topliss-reactive ketones (excluding diaryl/α,β-unsaturated/α-hetero) is 1. The molecule has 5 heteroatoms. The highest BCUT2D eigenvalue weighted by molar-refractivity contribution is 5.87. The molecule has 0 aliphatic carbocycles. The zero-order valence-electron chi connectivity index (χ0n) is 14.1. The summed E-state index contributed by atoms with van der Waals surface area (Å²) < 4.78 is 19.0. The van der Waals surface area contributed by atoms with Gasteiger partial charge >= 0.3 is 0 Å². The van der Waals surface area contributed by atoms with Gasteiger partial charge in [-0.05, 0) is 30.5 Å². The van der Waals surface area contributed by atoms with Gasteiger partial charge in [-0.3, -0.25) is 4.79 Å². The first-order valence-electron chi connectivity index (χ1n) is 8.20. The largest absolute Gasteiger partial charge is 0.494 e. The highest BCUT2D eigenvalue weighted by Crippen LogP contribution is 2.27. The molecule has 4 nitrogen and oxygen atoms in total. The van der Waals surface area contributed by atoms with Crippen LogP contribution in [0.3, 0.4) is 0 Å². The van der Waals surface area contributed by atoms with Crippen molar-refractivity contribution < 1.29 is 19.0 Å². The van der Waals surface area contributed by atoms with Crippen molar-refractivity contribution in [2.45, 2.75) is 38.7 Å². The lowest BCUT2D eigenvalue weighted by molar-refractivity contribution is -0.124. The van der Waals surface area contributed by atoms with Crippen LogP contribution in [0.4, 0.5) is 4.39 Å². The molecule has 1 aliphatic rings. The second-order valence-electron chi connectivity index (χ2n) is 6.54. The Bertz CT molecular complexity index is 539. The number of ether oxygens (including phenoxy) is 1. The van der Waals surface area contributed by atoms with E-state index in [9.17, 15) is 14.3 Å². The third kappa shape index (κ3) is 4.52. The SMILES string of the molecule is COc1ccc([C@H](CN2CCC(O)CC2)C(=O)C(C)C)cc1F. The van der Waals surface area contributed by atoms with Crippen molar-refractivity contribution in [2.75, 3.05) is 26.7 Å². The Balaban J connectivity index is 2.20. The molecule has 1 heterocycles. The van der Waals surface area contributed by atoms with Gasteiger partial charge in [0.15, 0.2) is 11.6 Å². The first kappa shape index (κ1) is 17.9. The summed E-state index contributed by atoms with van der Waals surface area (Å²) in [6.45, 7) is 5.84. The van der Waals surface area contributed by atoms with Gasteiger partial charge in [-0.25, -0.2) is 4.39 Å². The Morgan fingerprint density at radius 2 is 2.04 bits per heavy atom. The number of halogens is 1. The monoisotopic (exact) mass is 323 g/mol. The predicted octanol–water partition coefficient (Wildman–Crippen LogP) is 2.60. The number of benzene rings is 1. The number of hydrogen-bond acceptors (Lipinski definition) is 4. The van der Waals surface area contributed by atoms with E-state index in [4.69, 9.17) is 4.74 Å². The first-order chi connectivity index (χ1) is 10.9. The lowest BCUT2D eigenvalue weighted by Crippen LogP contribution is -2.40. The number of aliphatic hydroxyl groups excluding tert-OH is 1. The molecule has 1 atom stereocenters. The van der Waals surface area contributed by atoms with E-state index in [2.05, 4.69) is 4.90 Å². The van der Waals surface area contributed by atoms with Crippen molar-refractivity contribution in [2.24, 2.45) is 5.92 Å². The third-order valence-corrected chi connectivity index (χ3v) is 4.49. The van der Waals surface area contributed by atoms with E-state index in [-0.39, 0.29) is 29.5 Å². The van der Waals surface area contributed by atoms with Crippen LogP contribution >= 0.6 is 0 Å². The summed E-state index contributed by atoms with van der Waals surface area (Å²) in [6, 6.07) is 4.75. The maximum atomic E-state index is 14.0. The molecule has 128 valence electrons. The molecule has 0 radical (unpaired) electrons. The molecular formula is C18H26FNO3. The number of hydrogen-bond donors (Lipinski definition) is 1. The van der Waals surface area contributed by atoms with Crippen LogP contribution in [-0.4, -0.2) is 48.6 Å². The molecule has 1 aromatic rings. The molecule has 1 aromatic carbocycles. The number of ketones is 1. The van der Waals surface area contributed by atoms with Crippen LogP contribution in [0.1, 0.15) is 38.2 Å².